The minimum atomic E-state index is -2.72. The van der Waals surface area contributed by atoms with Gasteiger partial charge in [-0.3, -0.25) is 9.36 Å². The summed E-state index contributed by atoms with van der Waals surface area (Å²) in [6.45, 7) is 2.90. The molecule has 0 bridgehead atoms. The molecule has 162 valence electrons. The van der Waals surface area contributed by atoms with Gasteiger partial charge in [-0.15, -0.1) is 0 Å². The summed E-state index contributed by atoms with van der Waals surface area (Å²) < 4.78 is 30.0. The monoisotopic (exact) mass is 432 g/mol. The van der Waals surface area contributed by atoms with Crippen molar-refractivity contribution in [3.05, 3.63) is 48.0 Å². The Hall–Kier alpha value is -2.34. The number of amides is 1. The van der Waals surface area contributed by atoms with Gasteiger partial charge in [-0.05, 0) is 48.2 Å². The molecule has 1 saturated heterocycles. The molecule has 7 nitrogen and oxygen atoms in total. The van der Waals surface area contributed by atoms with Gasteiger partial charge in [-0.1, -0.05) is 12.1 Å². The van der Waals surface area contributed by atoms with Crippen LogP contribution in [0.4, 0.5) is 0 Å². The summed E-state index contributed by atoms with van der Waals surface area (Å²) in [6, 6.07) is 13.2. The number of hydrogen-bond acceptors (Lipinski definition) is 5. The lowest BCUT2D eigenvalue weighted by atomic mass is 10.0. The van der Waals surface area contributed by atoms with Crippen LogP contribution in [0.15, 0.2) is 42.5 Å². The summed E-state index contributed by atoms with van der Waals surface area (Å²) in [4.78, 5) is 12.8. The third-order valence-corrected chi connectivity index (χ3v) is 7.57. The maximum absolute atomic E-state index is 12.8. The van der Waals surface area contributed by atoms with Crippen LogP contribution in [0.25, 0.3) is 11.1 Å². The van der Waals surface area contributed by atoms with Gasteiger partial charge in [0.05, 0.1) is 14.2 Å². The summed E-state index contributed by atoms with van der Waals surface area (Å²) in [7, 11) is 1.97. The number of carbonyl (C=O) groups is 1. The lowest BCUT2D eigenvalue weighted by Crippen LogP contribution is -2.43. The first kappa shape index (κ1) is 22.3. The fraction of sp³-hybridized carbons (Fsp3) is 0.409. The number of rotatable bonds is 7. The fourth-order valence-corrected chi connectivity index (χ4v) is 4.76. The molecule has 1 fully saturated rings. The van der Waals surface area contributed by atoms with Crippen LogP contribution in [-0.2, 0) is 9.09 Å². The van der Waals surface area contributed by atoms with E-state index < -0.39 is 7.52 Å². The third-order valence-electron chi connectivity index (χ3n) is 5.47. The Bertz CT molecular complexity index is 919. The van der Waals surface area contributed by atoms with E-state index in [9.17, 15) is 9.36 Å². The van der Waals surface area contributed by atoms with E-state index >= 15 is 0 Å². The number of nitrogens with zero attached hydrogens (tertiary/aromatic N) is 1. The van der Waals surface area contributed by atoms with Crippen LogP contribution in [0.1, 0.15) is 23.2 Å². The first-order valence-corrected chi connectivity index (χ1v) is 11.9. The van der Waals surface area contributed by atoms with E-state index in [-0.39, 0.29) is 11.9 Å². The van der Waals surface area contributed by atoms with Crippen LogP contribution in [0.3, 0.4) is 0 Å². The quantitative estimate of drug-likeness (QED) is 0.666. The van der Waals surface area contributed by atoms with Crippen molar-refractivity contribution >= 4 is 13.4 Å². The SMILES string of the molecule is COc1cc(OC)cc(-c2cccc(C(=O)NC3CCN(P(C)(=O)OC)CC3)c2)c1. The highest BCUT2D eigenvalue weighted by atomic mass is 31.2. The standard InChI is InChI=1S/C22H29N2O5P/c1-27-20-13-18(14-21(15-20)28-2)16-6-5-7-17(12-16)22(25)23-19-8-10-24(11-9-19)30(4,26)29-3/h5-7,12-15,19H,8-11H2,1-4H3,(H,23,25). The molecule has 1 N–H and O–H groups in total. The van der Waals surface area contributed by atoms with Gasteiger partial charge in [0, 0.05) is 44.5 Å². The molecule has 1 unspecified atom stereocenters. The molecular formula is C22H29N2O5P. The minimum absolute atomic E-state index is 0.0474. The number of ether oxygens (including phenoxy) is 2. The van der Waals surface area contributed by atoms with Crippen molar-refractivity contribution in [1.29, 1.82) is 0 Å². The minimum Gasteiger partial charge on any atom is -0.497 e. The summed E-state index contributed by atoms with van der Waals surface area (Å²) in [5, 5.41) is 3.10. The predicted molar refractivity (Wildman–Crippen MR) is 118 cm³/mol. The Kier molecular flexibility index (Phi) is 7.19. The van der Waals surface area contributed by atoms with Crippen LogP contribution in [0.2, 0.25) is 0 Å². The highest BCUT2D eigenvalue weighted by Gasteiger charge is 2.30. The highest BCUT2D eigenvalue weighted by Crippen LogP contribution is 2.47. The molecule has 0 radical (unpaired) electrons. The predicted octanol–water partition coefficient (Wildman–Crippen LogP) is 4.03. The zero-order valence-corrected chi connectivity index (χ0v) is 18.8. The molecule has 3 rings (SSSR count). The maximum atomic E-state index is 12.8. The topological polar surface area (TPSA) is 77.1 Å². The Morgan fingerprint density at radius 1 is 1.00 bits per heavy atom. The molecule has 0 spiro atoms. The molecule has 1 amide bonds. The average Bonchev–Trinajstić information content (AvgIpc) is 2.79. The summed E-state index contributed by atoms with van der Waals surface area (Å²) in [5.74, 6) is 1.27. The van der Waals surface area contributed by atoms with Gasteiger partial charge in [0.1, 0.15) is 11.5 Å². The number of methoxy groups -OCH3 is 2. The molecule has 0 saturated carbocycles. The molecule has 2 aromatic rings. The van der Waals surface area contributed by atoms with Crippen molar-refractivity contribution < 1.29 is 23.4 Å². The zero-order chi connectivity index (χ0) is 21.7. The largest absolute Gasteiger partial charge is 0.497 e. The lowest BCUT2D eigenvalue weighted by Gasteiger charge is -2.34. The Morgan fingerprint density at radius 3 is 2.20 bits per heavy atom. The lowest BCUT2D eigenvalue weighted by molar-refractivity contribution is 0.0922. The average molecular weight is 432 g/mol. The molecule has 1 aliphatic heterocycles. The third kappa shape index (κ3) is 5.22. The van der Waals surface area contributed by atoms with Crippen molar-refractivity contribution in [3.63, 3.8) is 0 Å². The number of piperidine rings is 1. The van der Waals surface area contributed by atoms with E-state index in [2.05, 4.69) is 5.32 Å². The molecule has 1 atom stereocenters. The van der Waals surface area contributed by atoms with Gasteiger partial charge >= 0.3 is 0 Å². The van der Waals surface area contributed by atoms with Crippen molar-refractivity contribution in [2.45, 2.75) is 18.9 Å². The van der Waals surface area contributed by atoms with E-state index in [4.69, 9.17) is 14.0 Å². The zero-order valence-electron chi connectivity index (χ0n) is 17.9. The van der Waals surface area contributed by atoms with E-state index in [1.54, 1.807) is 27.0 Å². The number of nitrogens with one attached hydrogen (secondary N) is 1. The van der Waals surface area contributed by atoms with E-state index in [0.29, 0.717) is 30.2 Å². The smallest absolute Gasteiger partial charge is 0.269 e. The molecular weight excluding hydrogens is 403 g/mol. The van der Waals surface area contributed by atoms with Gasteiger partial charge in [0.15, 0.2) is 0 Å². The summed E-state index contributed by atoms with van der Waals surface area (Å²) in [6.07, 6.45) is 1.47. The Morgan fingerprint density at radius 2 is 1.63 bits per heavy atom. The van der Waals surface area contributed by atoms with Crippen LogP contribution >= 0.6 is 7.52 Å². The summed E-state index contributed by atoms with van der Waals surface area (Å²) >= 11 is 0. The van der Waals surface area contributed by atoms with Crippen molar-refractivity contribution in [2.24, 2.45) is 0 Å². The van der Waals surface area contributed by atoms with Crippen LogP contribution < -0.4 is 14.8 Å². The van der Waals surface area contributed by atoms with Gasteiger partial charge < -0.3 is 19.3 Å². The van der Waals surface area contributed by atoms with Gasteiger partial charge in [-0.25, -0.2) is 4.67 Å². The molecule has 8 heteroatoms. The first-order chi connectivity index (χ1) is 14.4. The van der Waals surface area contributed by atoms with Gasteiger partial charge in [0.25, 0.3) is 13.4 Å². The normalized spacial score (nSPS) is 17.2. The first-order valence-electron chi connectivity index (χ1n) is 9.89. The second-order valence-corrected chi connectivity index (χ2v) is 9.91. The fourth-order valence-electron chi connectivity index (χ4n) is 3.57. The number of carbonyl (C=O) groups excluding carboxylic acids is 1. The van der Waals surface area contributed by atoms with E-state index in [1.807, 2.05) is 41.1 Å². The Labute approximate surface area is 177 Å². The second-order valence-electron chi connectivity index (χ2n) is 7.37. The maximum Gasteiger partial charge on any atom is 0.269 e. The van der Waals surface area contributed by atoms with E-state index in [0.717, 1.165) is 24.0 Å². The molecule has 2 aromatic carbocycles. The van der Waals surface area contributed by atoms with Crippen molar-refractivity contribution in [2.75, 3.05) is 41.1 Å². The molecule has 30 heavy (non-hydrogen) atoms. The van der Waals surface area contributed by atoms with Gasteiger partial charge in [-0.2, -0.15) is 0 Å². The second kappa shape index (κ2) is 9.65. The van der Waals surface area contributed by atoms with Gasteiger partial charge in [0.2, 0.25) is 0 Å². The van der Waals surface area contributed by atoms with Crippen LogP contribution in [0, 0.1) is 0 Å². The van der Waals surface area contributed by atoms with Crippen molar-refractivity contribution in [3.8, 4) is 22.6 Å². The van der Waals surface area contributed by atoms with E-state index in [1.165, 1.54) is 7.11 Å². The number of hydrogen-bond donors (Lipinski definition) is 1. The van der Waals surface area contributed by atoms with Crippen molar-refractivity contribution in [1.82, 2.24) is 9.99 Å². The van der Waals surface area contributed by atoms with Crippen LogP contribution in [0.5, 0.6) is 11.5 Å². The molecule has 1 aliphatic rings. The Balaban J connectivity index is 1.70. The molecule has 1 heterocycles. The molecule has 0 aromatic heterocycles. The number of benzene rings is 2. The molecule has 0 aliphatic carbocycles. The van der Waals surface area contributed by atoms with Crippen LogP contribution in [-0.4, -0.2) is 57.7 Å². The summed E-state index contributed by atoms with van der Waals surface area (Å²) in [5.41, 5.74) is 2.41. The highest BCUT2D eigenvalue weighted by molar-refractivity contribution is 7.55.